The second-order valence-corrected chi connectivity index (χ2v) is 7.27. The van der Waals surface area contributed by atoms with Crippen molar-refractivity contribution in [1.82, 2.24) is 10.2 Å². The van der Waals surface area contributed by atoms with Gasteiger partial charge in [-0.25, -0.2) is 4.79 Å². The van der Waals surface area contributed by atoms with Gasteiger partial charge >= 0.3 is 5.97 Å². The summed E-state index contributed by atoms with van der Waals surface area (Å²) >= 11 is 0. The molecule has 0 radical (unpaired) electrons. The van der Waals surface area contributed by atoms with Gasteiger partial charge in [0, 0.05) is 6.54 Å². The van der Waals surface area contributed by atoms with Gasteiger partial charge in [0.05, 0.1) is 19.6 Å². The number of carbonyl (C=O) groups excluding carboxylic acids is 3. The highest BCUT2D eigenvalue weighted by Gasteiger charge is 2.52. The summed E-state index contributed by atoms with van der Waals surface area (Å²) in [6, 6.07) is 9.14. The van der Waals surface area contributed by atoms with E-state index in [4.69, 9.17) is 4.74 Å². The van der Waals surface area contributed by atoms with Crippen molar-refractivity contribution >= 4 is 18.3 Å². The van der Waals surface area contributed by atoms with Gasteiger partial charge in [-0.05, 0) is 32.8 Å². The molecule has 0 saturated carbocycles. The Kier molecular flexibility index (Phi) is 8.41. The van der Waals surface area contributed by atoms with Crippen LogP contribution >= 0.6 is 0 Å². The van der Waals surface area contributed by atoms with Crippen LogP contribution in [0.5, 0.6) is 0 Å². The molecule has 1 aromatic carbocycles. The van der Waals surface area contributed by atoms with Gasteiger partial charge in [0.15, 0.2) is 6.17 Å². The molecule has 1 atom stereocenters. The van der Waals surface area contributed by atoms with Crippen LogP contribution in [0.3, 0.4) is 0 Å². The Hall–Kier alpha value is -2.87. The lowest BCUT2D eigenvalue weighted by atomic mass is 10.0. The molecule has 8 nitrogen and oxygen atoms in total. The second-order valence-electron chi connectivity index (χ2n) is 7.27. The lowest BCUT2D eigenvalue weighted by Crippen LogP contribution is -2.70. The van der Waals surface area contributed by atoms with Crippen molar-refractivity contribution in [1.29, 1.82) is 0 Å². The zero-order valence-electron chi connectivity index (χ0n) is 17.9. The fourth-order valence-electron chi connectivity index (χ4n) is 3.92. The fourth-order valence-corrected chi connectivity index (χ4v) is 3.92. The molecule has 2 amide bonds. The molecular weight excluding hydrogens is 386 g/mol. The van der Waals surface area contributed by atoms with E-state index in [0.717, 1.165) is 25.2 Å². The smallest absolute Gasteiger partial charge is 0.354 e. The van der Waals surface area contributed by atoms with Crippen LogP contribution in [0.25, 0.3) is 0 Å². The molecule has 0 aliphatic carbocycles. The maximum Gasteiger partial charge on any atom is 0.354 e. The Balaban J connectivity index is 2.32. The molecule has 164 valence electrons. The number of amides is 2. The third kappa shape index (κ3) is 4.99. The molecular formula is C22H31N3O5. The minimum absolute atomic E-state index is 0.00503. The Labute approximate surface area is 177 Å². The molecule has 1 aliphatic heterocycles. The lowest BCUT2D eigenvalue weighted by Gasteiger charge is -2.53. The number of hydrogen-bond donors (Lipinski definition) is 1. The average molecular weight is 418 g/mol. The van der Waals surface area contributed by atoms with Gasteiger partial charge in [-0.15, -0.1) is 0 Å². The summed E-state index contributed by atoms with van der Waals surface area (Å²) < 4.78 is 6.00. The number of nitrogens with zero attached hydrogens (tertiary/aromatic N) is 2. The molecule has 1 unspecified atom stereocenters. The lowest BCUT2D eigenvalue weighted by molar-refractivity contribution is -0.958. The van der Waals surface area contributed by atoms with Crippen LogP contribution < -0.4 is 10.4 Å². The van der Waals surface area contributed by atoms with Gasteiger partial charge in [-0.1, -0.05) is 36.1 Å². The summed E-state index contributed by atoms with van der Waals surface area (Å²) in [6.07, 6.45) is 0.408. The van der Waals surface area contributed by atoms with E-state index < -0.39 is 11.7 Å². The topological polar surface area (TPSA) is 98.8 Å². The minimum Gasteiger partial charge on any atom is -0.874 e. The maximum absolute atomic E-state index is 12.9. The first-order chi connectivity index (χ1) is 14.4. The van der Waals surface area contributed by atoms with Gasteiger partial charge in [-0.3, -0.25) is 14.5 Å². The van der Waals surface area contributed by atoms with Crippen molar-refractivity contribution in [2.45, 2.75) is 46.4 Å². The summed E-state index contributed by atoms with van der Waals surface area (Å²) in [5.41, 5.74) is 0.547. The van der Waals surface area contributed by atoms with Crippen LogP contribution in [-0.2, 0) is 25.7 Å². The Morgan fingerprint density at radius 2 is 1.87 bits per heavy atom. The van der Waals surface area contributed by atoms with E-state index in [1.807, 2.05) is 51.1 Å². The first-order valence-corrected chi connectivity index (χ1v) is 10.4. The molecule has 1 heterocycles. The van der Waals surface area contributed by atoms with Crippen molar-refractivity contribution in [2.75, 3.05) is 26.2 Å². The highest BCUT2D eigenvalue weighted by molar-refractivity contribution is 5.97. The number of carbonyl (C=O) groups is 3. The molecule has 8 heteroatoms. The number of ether oxygens (including phenoxy) is 1. The number of hydrogen-bond acceptors (Lipinski definition) is 5. The van der Waals surface area contributed by atoms with Crippen molar-refractivity contribution in [2.24, 2.45) is 0 Å². The molecule has 0 bridgehead atoms. The van der Waals surface area contributed by atoms with Gasteiger partial charge in [0.1, 0.15) is 18.7 Å². The Bertz CT molecular complexity index is 766. The van der Waals surface area contributed by atoms with Crippen LogP contribution in [0.2, 0.25) is 0 Å². The molecule has 2 rings (SSSR count). The third-order valence-electron chi connectivity index (χ3n) is 5.94. The molecule has 0 spiro atoms. The van der Waals surface area contributed by atoms with Crippen molar-refractivity contribution in [3.8, 4) is 0 Å². The van der Waals surface area contributed by atoms with E-state index in [1.165, 1.54) is 4.90 Å². The van der Waals surface area contributed by atoms with Gasteiger partial charge in [0.25, 0.3) is 0 Å². The molecule has 1 aromatic rings. The standard InChI is InChI=1S/C22H31N3O5/c1-4-25(5-2,6-3)19-14-20(28)24(19)21(18(27)12-13-23-16-26)22(29)30-15-17-10-8-7-9-11-17/h7-11,16,19H,4-6,12-15H2,1-3H3,(H-,23,26,27,29). The van der Waals surface area contributed by atoms with Crippen molar-refractivity contribution < 1.29 is 28.7 Å². The average Bonchev–Trinajstić information content (AvgIpc) is 2.77. The molecule has 0 aromatic heterocycles. The van der Waals surface area contributed by atoms with Crippen LogP contribution in [-0.4, -0.2) is 60.0 Å². The summed E-state index contributed by atoms with van der Waals surface area (Å²) in [6.45, 7) is 8.52. The summed E-state index contributed by atoms with van der Waals surface area (Å²) in [5, 5.41) is 15.3. The van der Waals surface area contributed by atoms with E-state index in [2.05, 4.69) is 5.32 Å². The minimum atomic E-state index is -0.811. The normalized spacial score (nSPS) is 17.1. The highest BCUT2D eigenvalue weighted by Crippen LogP contribution is 2.34. The number of likely N-dealkylation sites (tertiary alicyclic amines) is 1. The predicted molar refractivity (Wildman–Crippen MR) is 109 cm³/mol. The van der Waals surface area contributed by atoms with E-state index in [9.17, 15) is 19.5 Å². The van der Waals surface area contributed by atoms with E-state index >= 15 is 0 Å². The largest absolute Gasteiger partial charge is 0.874 e. The quantitative estimate of drug-likeness (QED) is 0.104. The molecule has 1 aliphatic rings. The maximum atomic E-state index is 12.9. The highest BCUT2D eigenvalue weighted by atomic mass is 16.5. The Morgan fingerprint density at radius 1 is 1.23 bits per heavy atom. The number of esters is 1. The van der Waals surface area contributed by atoms with Crippen LogP contribution in [0.15, 0.2) is 41.8 Å². The summed E-state index contributed by atoms with van der Waals surface area (Å²) in [5.74, 6) is -1.59. The van der Waals surface area contributed by atoms with E-state index in [0.29, 0.717) is 10.9 Å². The van der Waals surface area contributed by atoms with E-state index in [-0.39, 0.29) is 43.8 Å². The van der Waals surface area contributed by atoms with Gasteiger partial charge < -0.3 is 19.6 Å². The second kappa shape index (κ2) is 10.8. The first kappa shape index (κ1) is 23.4. The van der Waals surface area contributed by atoms with Crippen LogP contribution in [0.1, 0.15) is 39.2 Å². The van der Waals surface area contributed by atoms with Gasteiger partial charge in [-0.2, -0.15) is 0 Å². The Morgan fingerprint density at radius 3 is 2.40 bits per heavy atom. The third-order valence-corrected chi connectivity index (χ3v) is 5.94. The van der Waals surface area contributed by atoms with Crippen LogP contribution in [0.4, 0.5) is 0 Å². The van der Waals surface area contributed by atoms with Crippen molar-refractivity contribution in [3.05, 3.63) is 47.4 Å². The molecule has 1 saturated heterocycles. The van der Waals surface area contributed by atoms with Crippen LogP contribution in [0, 0.1) is 0 Å². The number of rotatable bonds is 12. The summed E-state index contributed by atoms with van der Waals surface area (Å²) in [7, 11) is 0. The number of β-lactam (4-membered cyclic amide) rings is 1. The zero-order chi connectivity index (χ0) is 22.1. The SMILES string of the molecule is CC[N+](CC)(CC)C1CC(=O)N1C(C(=O)OCc1ccccc1)=C([O-])CCNC=O. The number of nitrogens with one attached hydrogen (secondary N) is 1. The first-order valence-electron chi connectivity index (χ1n) is 10.4. The number of benzene rings is 1. The van der Waals surface area contributed by atoms with Crippen molar-refractivity contribution in [3.63, 3.8) is 0 Å². The van der Waals surface area contributed by atoms with E-state index in [1.54, 1.807) is 0 Å². The number of quaternary nitrogens is 1. The monoisotopic (exact) mass is 417 g/mol. The molecule has 30 heavy (non-hydrogen) atoms. The predicted octanol–water partition coefficient (Wildman–Crippen LogP) is 0.873. The fraction of sp³-hybridized carbons (Fsp3) is 0.500. The molecule has 1 N–H and O–H groups in total. The zero-order valence-corrected chi connectivity index (χ0v) is 17.9. The summed E-state index contributed by atoms with van der Waals surface area (Å²) in [4.78, 5) is 37.3. The molecule has 1 fully saturated rings. The van der Waals surface area contributed by atoms with Gasteiger partial charge in [0.2, 0.25) is 12.3 Å².